The molecule has 1 fully saturated rings. The predicted octanol–water partition coefficient (Wildman–Crippen LogP) is 2.57. The van der Waals surface area contributed by atoms with Crippen LogP contribution in [-0.4, -0.2) is 51.8 Å². The SMILES string of the molecule is CN(C(=O)c1cnn(C)c1)C1CCN(c2cccc(C(F)(F)F)n2)CC1. The number of aryl methyl sites for hydroxylation is 1. The van der Waals surface area contributed by atoms with Crippen molar-refractivity contribution in [3.05, 3.63) is 41.9 Å². The summed E-state index contributed by atoms with van der Waals surface area (Å²) in [7, 11) is 3.50. The zero-order valence-electron chi connectivity index (χ0n) is 14.6. The Morgan fingerprint density at radius 1 is 1.27 bits per heavy atom. The molecule has 0 saturated carbocycles. The minimum atomic E-state index is -4.45. The van der Waals surface area contributed by atoms with Gasteiger partial charge in [0.2, 0.25) is 0 Å². The Morgan fingerprint density at radius 3 is 2.54 bits per heavy atom. The molecule has 1 saturated heterocycles. The standard InChI is InChI=1S/C17H20F3N5O/c1-23-11-12(10-21-23)16(26)24(2)13-6-8-25(9-7-13)15-5-3-4-14(22-15)17(18,19)20/h3-5,10-11,13H,6-9H2,1-2H3. The monoisotopic (exact) mass is 367 g/mol. The molecule has 1 aliphatic rings. The van der Waals surface area contributed by atoms with Gasteiger partial charge in [-0.15, -0.1) is 0 Å². The first-order valence-electron chi connectivity index (χ1n) is 8.30. The summed E-state index contributed by atoms with van der Waals surface area (Å²) in [6, 6.07) is 3.95. The number of nitrogens with zero attached hydrogens (tertiary/aromatic N) is 5. The molecule has 26 heavy (non-hydrogen) atoms. The summed E-state index contributed by atoms with van der Waals surface area (Å²) in [5.74, 6) is 0.216. The minimum Gasteiger partial charge on any atom is -0.356 e. The molecule has 9 heteroatoms. The Hall–Kier alpha value is -2.58. The number of piperidine rings is 1. The molecular weight excluding hydrogens is 347 g/mol. The fraction of sp³-hybridized carbons (Fsp3) is 0.471. The largest absolute Gasteiger partial charge is 0.433 e. The van der Waals surface area contributed by atoms with Crippen LogP contribution in [-0.2, 0) is 13.2 Å². The van der Waals surface area contributed by atoms with Crippen LogP contribution in [0.25, 0.3) is 0 Å². The summed E-state index contributed by atoms with van der Waals surface area (Å²) >= 11 is 0. The minimum absolute atomic E-state index is 0.0322. The highest BCUT2D eigenvalue weighted by Gasteiger charge is 2.33. The molecule has 2 aromatic rings. The van der Waals surface area contributed by atoms with Gasteiger partial charge in [-0.25, -0.2) is 4.98 Å². The second-order valence-corrected chi connectivity index (χ2v) is 6.42. The van der Waals surface area contributed by atoms with E-state index in [1.807, 2.05) is 4.90 Å². The molecular formula is C17H20F3N5O. The molecule has 0 N–H and O–H groups in total. The number of halogens is 3. The maximum Gasteiger partial charge on any atom is 0.433 e. The van der Waals surface area contributed by atoms with Crippen LogP contribution < -0.4 is 4.90 Å². The van der Waals surface area contributed by atoms with E-state index in [0.717, 1.165) is 6.07 Å². The van der Waals surface area contributed by atoms with E-state index in [4.69, 9.17) is 0 Å². The van der Waals surface area contributed by atoms with Crippen molar-refractivity contribution >= 4 is 11.7 Å². The van der Waals surface area contributed by atoms with Crippen LogP contribution in [0.2, 0.25) is 0 Å². The zero-order chi connectivity index (χ0) is 18.9. The third-order valence-corrected chi connectivity index (χ3v) is 4.63. The lowest BCUT2D eigenvalue weighted by Gasteiger charge is -2.37. The van der Waals surface area contributed by atoms with Gasteiger partial charge < -0.3 is 9.80 Å². The molecule has 2 aromatic heterocycles. The number of amides is 1. The van der Waals surface area contributed by atoms with Gasteiger partial charge in [0.25, 0.3) is 5.91 Å². The lowest BCUT2D eigenvalue weighted by atomic mass is 10.0. The average molecular weight is 367 g/mol. The number of carbonyl (C=O) groups is 1. The van der Waals surface area contributed by atoms with E-state index in [0.29, 0.717) is 37.3 Å². The van der Waals surface area contributed by atoms with Crippen molar-refractivity contribution in [2.24, 2.45) is 7.05 Å². The van der Waals surface area contributed by atoms with Crippen molar-refractivity contribution in [1.82, 2.24) is 19.7 Å². The van der Waals surface area contributed by atoms with Crippen molar-refractivity contribution in [3.63, 3.8) is 0 Å². The number of hydrogen-bond donors (Lipinski definition) is 0. The van der Waals surface area contributed by atoms with Gasteiger partial charge in [-0.1, -0.05) is 6.07 Å². The molecule has 1 aliphatic heterocycles. The van der Waals surface area contributed by atoms with Crippen LogP contribution in [0.15, 0.2) is 30.6 Å². The van der Waals surface area contributed by atoms with Crippen LogP contribution in [0.5, 0.6) is 0 Å². The molecule has 1 amide bonds. The maximum atomic E-state index is 12.8. The van der Waals surface area contributed by atoms with E-state index in [-0.39, 0.29) is 11.9 Å². The Kier molecular flexibility index (Phi) is 4.88. The smallest absolute Gasteiger partial charge is 0.356 e. The summed E-state index contributed by atoms with van der Waals surface area (Å²) in [6.07, 6.45) is 0.0760. The van der Waals surface area contributed by atoms with Crippen LogP contribution in [0.3, 0.4) is 0 Å². The van der Waals surface area contributed by atoms with E-state index >= 15 is 0 Å². The lowest BCUT2D eigenvalue weighted by molar-refractivity contribution is -0.141. The van der Waals surface area contributed by atoms with E-state index in [1.165, 1.54) is 12.3 Å². The Balaban J connectivity index is 1.63. The number of hydrogen-bond acceptors (Lipinski definition) is 4. The summed E-state index contributed by atoms with van der Waals surface area (Å²) < 4.78 is 40.0. The Morgan fingerprint density at radius 2 is 1.96 bits per heavy atom. The number of rotatable bonds is 3. The first-order valence-corrected chi connectivity index (χ1v) is 8.30. The summed E-state index contributed by atoms with van der Waals surface area (Å²) in [6.45, 7) is 1.09. The van der Waals surface area contributed by atoms with Crippen LogP contribution in [0.1, 0.15) is 28.9 Å². The number of anilines is 1. The van der Waals surface area contributed by atoms with Crippen molar-refractivity contribution in [2.75, 3.05) is 25.0 Å². The van der Waals surface area contributed by atoms with Gasteiger partial charge in [-0.3, -0.25) is 9.48 Å². The van der Waals surface area contributed by atoms with Gasteiger partial charge in [-0.05, 0) is 25.0 Å². The van der Waals surface area contributed by atoms with E-state index in [1.54, 1.807) is 35.9 Å². The van der Waals surface area contributed by atoms with E-state index in [2.05, 4.69) is 10.1 Å². The zero-order valence-corrected chi connectivity index (χ0v) is 14.6. The van der Waals surface area contributed by atoms with Gasteiger partial charge in [0.15, 0.2) is 0 Å². The molecule has 0 aliphatic carbocycles. The molecule has 0 bridgehead atoms. The molecule has 140 valence electrons. The second kappa shape index (κ2) is 6.97. The highest BCUT2D eigenvalue weighted by atomic mass is 19.4. The van der Waals surface area contributed by atoms with Gasteiger partial charge in [0.05, 0.1) is 11.8 Å². The molecule has 0 unspecified atom stereocenters. The van der Waals surface area contributed by atoms with Gasteiger partial charge >= 0.3 is 6.18 Å². The van der Waals surface area contributed by atoms with Crippen molar-refractivity contribution < 1.29 is 18.0 Å². The van der Waals surface area contributed by atoms with E-state index < -0.39 is 11.9 Å². The van der Waals surface area contributed by atoms with Crippen LogP contribution >= 0.6 is 0 Å². The molecule has 0 aromatic carbocycles. The van der Waals surface area contributed by atoms with Crippen LogP contribution in [0.4, 0.5) is 19.0 Å². The average Bonchev–Trinajstić information content (AvgIpc) is 3.06. The third kappa shape index (κ3) is 3.81. The summed E-state index contributed by atoms with van der Waals surface area (Å²) in [5, 5.41) is 4.01. The number of alkyl halides is 3. The number of pyridine rings is 1. The first kappa shape index (κ1) is 18.2. The van der Waals surface area contributed by atoms with Gasteiger partial charge in [-0.2, -0.15) is 18.3 Å². The maximum absolute atomic E-state index is 12.8. The highest BCUT2D eigenvalue weighted by Crippen LogP contribution is 2.30. The van der Waals surface area contributed by atoms with Gasteiger partial charge in [0.1, 0.15) is 11.5 Å². The second-order valence-electron chi connectivity index (χ2n) is 6.42. The molecule has 6 nitrogen and oxygen atoms in total. The topological polar surface area (TPSA) is 54.3 Å². The fourth-order valence-corrected chi connectivity index (χ4v) is 3.14. The van der Waals surface area contributed by atoms with E-state index in [9.17, 15) is 18.0 Å². The quantitative estimate of drug-likeness (QED) is 0.837. The lowest BCUT2D eigenvalue weighted by Crippen LogP contribution is -2.45. The first-order chi connectivity index (χ1) is 12.3. The molecule has 0 spiro atoms. The molecule has 3 rings (SSSR count). The Bertz CT molecular complexity index is 781. The predicted molar refractivity (Wildman–Crippen MR) is 89.8 cm³/mol. The van der Waals surface area contributed by atoms with Gasteiger partial charge in [0, 0.05) is 39.4 Å². The number of carbonyl (C=O) groups excluding carboxylic acids is 1. The molecule has 0 atom stereocenters. The Labute approximate surface area is 149 Å². The fourth-order valence-electron chi connectivity index (χ4n) is 3.14. The highest BCUT2D eigenvalue weighted by molar-refractivity contribution is 5.93. The van der Waals surface area contributed by atoms with Crippen molar-refractivity contribution in [3.8, 4) is 0 Å². The van der Waals surface area contributed by atoms with Crippen molar-refractivity contribution in [2.45, 2.75) is 25.1 Å². The van der Waals surface area contributed by atoms with Crippen LogP contribution in [0, 0.1) is 0 Å². The molecule has 3 heterocycles. The van der Waals surface area contributed by atoms with Crippen molar-refractivity contribution in [1.29, 1.82) is 0 Å². The third-order valence-electron chi connectivity index (χ3n) is 4.63. The summed E-state index contributed by atoms with van der Waals surface area (Å²) in [5.41, 5.74) is -0.363. The normalized spacial score (nSPS) is 16.0. The number of aromatic nitrogens is 3. The molecule has 0 radical (unpaired) electrons. The summed E-state index contributed by atoms with van der Waals surface area (Å²) in [4.78, 5) is 19.7.